The van der Waals surface area contributed by atoms with Crippen molar-refractivity contribution in [3.63, 3.8) is 0 Å². The molecule has 0 unspecified atom stereocenters. The third-order valence-corrected chi connectivity index (χ3v) is 4.60. The van der Waals surface area contributed by atoms with Gasteiger partial charge in [0.1, 0.15) is 0 Å². The Hall–Kier alpha value is -0.234. The summed E-state index contributed by atoms with van der Waals surface area (Å²) in [6.07, 6.45) is 1.48. The van der Waals surface area contributed by atoms with Crippen LogP contribution in [-0.2, 0) is 10.0 Å². The van der Waals surface area contributed by atoms with Crippen molar-refractivity contribution < 1.29 is 73.4 Å². The monoisotopic (exact) mass is 498 g/mol. The summed E-state index contributed by atoms with van der Waals surface area (Å²) in [5.41, 5.74) is 0.0801. The fraction of sp³-hybridized carbons (Fsp3) is 0.462. The smallest absolute Gasteiger partial charge is 0.335 e. The third-order valence-electron chi connectivity index (χ3n) is 2.69. The van der Waals surface area contributed by atoms with Gasteiger partial charge in [-0.05, 0) is 37.1 Å². The largest absolute Gasteiger partial charge is 0.478 e. The molecule has 139 valence electrons. The van der Waals surface area contributed by atoms with Crippen LogP contribution in [0, 0.1) is 38.6 Å². The Bertz CT molecular complexity index is 528. The molecule has 1 aromatic rings. The predicted octanol–water partition coefficient (Wildman–Crippen LogP) is -0.279. The van der Waals surface area contributed by atoms with Crippen LogP contribution in [0.3, 0.4) is 0 Å². The molecule has 1 rings (SSSR count). The van der Waals surface area contributed by atoms with Crippen molar-refractivity contribution in [3.05, 3.63) is 29.8 Å². The second-order valence-corrected chi connectivity index (χ2v) is 6.17. The number of hydrogen-bond donors (Lipinski definition) is 1. The minimum atomic E-state index is -3.53. The molecule has 0 amide bonds. The first-order chi connectivity index (χ1) is 8.93. The van der Waals surface area contributed by atoms with E-state index in [2.05, 4.69) is 0 Å². The molecule has 10 heteroatoms. The van der Waals surface area contributed by atoms with Crippen molar-refractivity contribution in [2.24, 2.45) is 0 Å². The Morgan fingerprint density at radius 2 is 1.39 bits per heavy atom. The quantitative estimate of drug-likeness (QED) is 0.546. The minimum Gasteiger partial charge on any atom is -0.478 e. The summed E-state index contributed by atoms with van der Waals surface area (Å²) in [6.45, 7) is 4.78. The van der Waals surface area contributed by atoms with Crippen molar-refractivity contribution in [3.8, 4) is 0 Å². The number of carboxylic acid groups (broad SMARTS) is 1. The molecular formula is C13H25NO7STb. The molecule has 0 aromatic heterocycles. The average Bonchev–Trinajstić information content (AvgIpc) is 2.38. The van der Waals surface area contributed by atoms with Crippen molar-refractivity contribution in [1.29, 1.82) is 0 Å². The molecule has 0 fully saturated rings. The van der Waals surface area contributed by atoms with E-state index in [0.29, 0.717) is 13.1 Å². The van der Waals surface area contributed by atoms with Gasteiger partial charge in [-0.3, -0.25) is 0 Å². The first-order valence-electron chi connectivity index (χ1n) is 6.27. The Balaban J connectivity index is -0.000000451. The molecule has 8 nitrogen and oxygen atoms in total. The minimum absolute atomic E-state index is 0. The Morgan fingerprint density at radius 3 is 1.70 bits per heavy atom. The molecule has 0 aliphatic rings. The molecule has 0 bridgehead atoms. The Labute approximate surface area is 167 Å². The number of benzene rings is 1. The normalized spacial score (nSPS) is 9.70. The third kappa shape index (κ3) is 8.43. The van der Waals surface area contributed by atoms with Crippen molar-refractivity contribution in [1.82, 2.24) is 4.31 Å². The number of carbonyl (C=O) groups is 1. The van der Waals surface area contributed by atoms with Crippen molar-refractivity contribution >= 4 is 16.0 Å². The number of nitrogens with zero attached hydrogens (tertiary/aromatic N) is 1. The van der Waals surface area contributed by atoms with Gasteiger partial charge in [0.2, 0.25) is 10.0 Å². The summed E-state index contributed by atoms with van der Waals surface area (Å²) in [4.78, 5) is 10.9. The number of rotatable bonds is 7. The molecule has 0 aliphatic carbocycles. The molecule has 1 radical (unpaired) electrons. The number of sulfonamides is 1. The van der Waals surface area contributed by atoms with E-state index in [1.807, 2.05) is 13.8 Å². The van der Waals surface area contributed by atoms with Crippen LogP contribution in [-0.4, -0.2) is 53.3 Å². The second-order valence-electron chi connectivity index (χ2n) is 4.23. The van der Waals surface area contributed by atoms with E-state index < -0.39 is 16.0 Å². The van der Waals surface area contributed by atoms with Gasteiger partial charge in [0, 0.05) is 51.7 Å². The topological polar surface area (TPSA) is 169 Å². The van der Waals surface area contributed by atoms with Crippen molar-refractivity contribution in [2.75, 3.05) is 13.1 Å². The number of aromatic carboxylic acids is 1. The zero-order chi connectivity index (χ0) is 14.5. The van der Waals surface area contributed by atoms with Gasteiger partial charge in [-0.1, -0.05) is 13.8 Å². The maximum atomic E-state index is 12.4. The summed E-state index contributed by atoms with van der Waals surface area (Å²) >= 11 is 0. The summed E-state index contributed by atoms with van der Waals surface area (Å²) in [6, 6.07) is 5.31. The number of carboxylic acids is 1. The van der Waals surface area contributed by atoms with Gasteiger partial charge in [-0.2, -0.15) is 4.31 Å². The van der Waals surface area contributed by atoms with E-state index in [1.165, 1.54) is 28.6 Å². The Morgan fingerprint density at radius 1 is 1.00 bits per heavy atom. The van der Waals surface area contributed by atoms with Crippen LogP contribution < -0.4 is 0 Å². The van der Waals surface area contributed by atoms with Gasteiger partial charge in [0.25, 0.3) is 0 Å². The number of hydrogen-bond acceptors (Lipinski definition) is 3. The molecule has 0 heterocycles. The maximum Gasteiger partial charge on any atom is 0.335 e. The van der Waals surface area contributed by atoms with Gasteiger partial charge >= 0.3 is 5.97 Å². The van der Waals surface area contributed by atoms with Crippen LogP contribution in [0.2, 0.25) is 0 Å². The van der Waals surface area contributed by atoms with E-state index in [9.17, 15) is 13.2 Å². The fourth-order valence-electron chi connectivity index (χ4n) is 1.77. The van der Waals surface area contributed by atoms with Gasteiger partial charge in [0.05, 0.1) is 10.5 Å². The SMILES string of the molecule is CCCN(CCC)S(=O)(=O)c1ccc(C(=O)O)cc1.O.O.O.[Tb]. The fourth-order valence-corrected chi connectivity index (χ4v) is 3.39. The van der Waals surface area contributed by atoms with Crippen LogP contribution in [0.15, 0.2) is 29.2 Å². The van der Waals surface area contributed by atoms with E-state index in [0.717, 1.165) is 12.8 Å². The molecule has 0 spiro atoms. The molecule has 0 saturated carbocycles. The first-order valence-corrected chi connectivity index (χ1v) is 7.71. The molecule has 1 aromatic carbocycles. The standard InChI is InChI=1S/C13H19NO4S.3H2O.Tb/c1-3-9-14(10-4-2)19(17,18)12-7-5-11(6-8-12)13(15)16;;;;/h5-8H,3-4,9-10H2,1-2H3,(H,15,16);3*1H2;. The van der Waals surface area contributed by atoms with E-state index in [4.69, 9.17) is 5.11 Å². The first kappa shape index (κ1) is 30.6. The molecule has 0 atom stereocenters. The summed E-state index contributed by atoms with van der Waals surface area (Å²) in [7, 11) is -3.53. The average molecular weight is 498 g/mol. The van der Waals surface area contributed by atoms with Crippen LogP contribution >= 0.6 is 0 Å². The van der Waals surface area contributed by atoms with Gasteiger partial charge < -0.3 is 21.5 Å². The van der Waals surface area contributed by atoms with Gasteiger partial charge in [-0.25, -0.2) is 13.2 Å². The molecule has 0 saturated heterocycles. The van der Waals surface area contributed by atoms with E-state index in [-0.39, 0.29) is 65.5 Å². The predicted molar refractivity (Wildman–Crippen MR) is 83.6 cm³/mol. The van der Waals surface area contributed by atoms with Gasteiger partial charge in [-0.15, -0.1) is 0 Å². The molecule has 23 heavy (non-hydrogen) atoms. The van der Waals surface area contributed by atoms with E-state index in [1.54, 1.807) is 0 Å². The second kappa shape index (κ2) is 14.1. The summed E-state index contributed by atoms with van der Waals surface area (Å²) < 4.78 is 26.2. The zero-order valence-electron chi connectivity index (χ0n) is 13.0. The summed E-state index contributed by atoms with van der Waals surface area (Å²) in [5, 5.41) is 8.80. The van der Waals surface area contributed by atoms with Crippen molar-refractivity contribution in [2.45, 2.75) is 31.6 Å². The van der Waals surface area contributed by atoms with Crippen LogP contribution in [0.1, 0.15) is 37.0 Å². The van der Waals surface area contributed by atoms with Crippen LogP contribution in [0.25, 0.3) is 0 Å². The maximum absolute atomic E-state index is 12.4. The zero-order valence-corrected chi connectivity index (χ0v) is 16.0. The Kier molecular flexibility index (Phi) is 18.8. The van der Waals surface area contributed by atoms with Gasteiger partial charge in [0.15, 0.2) is 0 Å². The summed E-state index contributed by atoms with van der Waals surface area (Å²) in [5.74, 6) is -1.07. The van der Waals surface area contributed by atoms with Crippen LogP contribution in [0.4, 0.5) is 0 Å². The molecule has 7 N–H and O–H groups in total. The van der Waals surface area contributed by atoms with E-state index >= 15 is 0 Å². The molecular weight excluding hydrogens is 473 g/mol. The molecule has 0 aliphatic heterocycles. The van der Waals surface area contributed by atoms with Crippen LogP contribution in [0.5, 0.6) is 0 Å².